The van der Waals surface area contributed by atoms with Gasteiger partial charge in [-0.25, -0.2) is 0 Å². The van der Waals surface area contributed by atoms with Crippen molar-refractivity contribution < 1.29 is 14.6 Å². The third-order valence-electron chi connectivity index (χ3n) is 2.10. The van der Waals surface area contributed by atoms with Gasteiger partial charge in [-0.2, -0.15) is 0 Å². The van der Waals surface area contributed by atoms with Crippen LogP contribution in [-0.4, -0.2) is 23.9 Å². The quantitative estimate of drug-likeness (QED) is 0.610. The van der Waals surface area contributed by atoms with Crippen LogP contribution >= 0.6 is 11.8 Å². The maximum atomic E-state index is 10.7. The van der Waals surface area contributed by atoms with Gasteiger partial charge in [0.15, 0.2) is 0 Å². The molecule has 0 aliphatic carbocycles. The number of carboxylic acids is 1. The molecule has 3 N–H and O–H groups in total. The van der Waals surface area contributed by atoms with Crippen molar-refractivity contribution in [3.8, 4) is 5.75 Å². The van der Waals surface area contributed by atoms with E-state index in [0.717, 1.165) is 4.90 Å². The van der Waals surface area contributed by atoms with Crippen molar-refractivity contribution in [2.24, 2.45) is 5.92 Å². The van der Waals surface area contributed by atoms with Crippen LogP contribution in [0.5, 0.6) is 5.75 Å². The molecule has 4 nitrogen and oxygen atoms in total. The highest BCUT2D eigenvalue weighted by Crippen LogP contribution is 2.32. The van der Waals surface area contributed by atoms with Crippen molar-refractivity contribution in [2.75, 3.05) is 18.6 Å². The Labute approximate surface area is 98.8 Å². The van der Waals surface area contributed by atoms with E-state index in [4.69, 9.17) is 15.6 Å². The Balaban J connectivity index is 2.70. The van der Waals surface area contributed by atoms with E-state index in [2.05, 4.69) is 0 Å². The molecular weight excluding hydrogens is 226 g/mol. The normalized spacial score (nSPS) is 12.1. The first-order valence-corrected chi connectivity index (χ1v) is 5.82. The summed E-state index contributed by atoms with van der Waals surface area (Å²) in [5, 5.41) is 8.77. The van der Waals surface area contributed by atoms with Crippen LogP contribution in [0.3, 0.4) is 0 Å². The summed E-state index contributed by atoms with van der Waals surface area (Å²) < 4.78 is 5.17. The number of rotatable bonds is 5. The Morgan fingerprint density at radius 2 is 2.31 bits per heavy atom. The first-order chi connectivity index (χ1) is 7.54. The number of thioether (sulfide) groups is 1. The summed E-state index contributed by atoms with van der Waals surface area (Å²) in [4.78, 5) is 11.6. The van der Waals surface area contributed by atoms with E-state index in [1.54, 1.807) is 26.2 Å². The molecule has 0 amide bonds. The maximum absolute atomic E-state index is 10.7. The number of carbonyl (C=O) groups is 1. The second-order valence-electron chi connectivity index (χ2n) is 3.46. The second kappa shape index (κ2) is 5.65. The molecule has 1 aromatic carbocycles. The van der Waals surface area contributed by atoms with Crippen molar-refractivity contribution in [3.05, 3.63) is 18.2 Å². The van der Waals surface area contributed by atoms with Gasteiger partial charge in [0.25, 0.3) is 0 Å². The minimum absolute atomic E-state index is 0.382. The van der Waals surface area contributed by atoms with Gasteiger partial charge in [0.1, 0.15) is 5.75 Å². The van der Waals surface area contributed by atoms with E-state index in [1.807, 2.05) is 6.07 Å². The summed E-state index contributed by atoms with van der Waals surface area (Å²) in [6.45, 7) is 1.68. The lowest BCUT2D eigenvalue weighted by atomic mass is 10.2. The van der Waals surface area contributed by atoms with Crippen molar-refractivity contribution in [1.29, 1.82) is 0 Å². The lowest BCUT2D eigenvalue weighted by molar-refractivity contribution is -0.140. The van der Waals surface area contributed by atoms with Gasteiger partial charge < -0.3 is 15.6 Å². The third-order valence-corrected chi connectivity index (χ3v) is 3.41. The number of nitrogen functional groups attached to an aromatic ring is 1. The van der Waals surface area contributed by atoms with Gasteiger partial charge in [-0.15, -0.1) is 11.8 Å². The zero-order valence-corrected chi connectivity index (χ0v) is 10.1. The number of aliphatic carboxylic acids is 1. The lowest BCUT2D eigenvalue weighted by Gasteiger charge is -2.10. The van der Waals surface area contributed by atoms with Gasteiger partial charge in [-0.1, -0.05) is 6.92 Å². The van der Waals surface area contributed by atoms with Gasteiger partial charge >= 0.3 is 5.97 Å². The zero-order chi connectivity index (χ0) is 12.1. The van der Waals surface area contributed by atoms with Crippen LogP contribution < -0.4 is 10.5 Å². The van der Waals surface area contributed by atoms with Crippen molar-refractivity contribution >= 4 is 23.4 Å². The maximum Gasteiger partial charge on any atom is 0.307 e. The average Bonchev–Trinajstić information content (AvgIpc) is 2.26. The summed E-state index contributed by atoms with van der Waals surface area (Å²) in [6, 6.07) is 5.34. The molecular formula is C11H15NO3S. The summed E-state index contributed by atoms with van der Waals surface area (Å²) in [5.74, 6) is 0.0204. The van der Waals surface area contributed by atoms with Crippen molar-refractivity contribution in [1.82, 2.24) is 0 Å². The SMILES string of the molecule is COc1cc(N)ccc1SCC(C)C(=O)O. The number of carboxylic acid groups (broad SMARTS) is 1. The number of methoxy groups -OCH3 is 1. The molecule has 0 radical (unpaired) electrons. The fraction of sp³-hybridized carbons (Fsp3) is 0.364. The molecule has 0 aliphatic heterocycles. The predicted octanol–water partition coefficient (Wildman–Crippen LogP) is 2.09. The fourth-order valence-electron chi connectivity index (χ4n) is 1.09. The Bertz CT molecular complexity index is 381. The number of nitrogens with two attached hydrogens (primary N) is 1. The van der Waals surface area contributed by atoms with Crippen molar-refractivity contribution in [2.45, 2.75) is 11.8 Å². The molecule has 0 heterocycles. The molecule has 5 heteroatoms. The predicted molar refractivity (Wildman–Crippen MR) is 64.9 cm³/mol. The molecule has 16 heavy (non-hydrogen) atoms. The molecule has 1 atom stereocenters. The van der Waals surface area contributed by atoms with E-state index >= 15 is 0 Å². The lowest BCUT2D eigenvalue weighted by Crippen LogP contribution is -2.11. The van der Waals surface area contributed by atoms with Crippen LogP contribution in [-0.2, 0) is 4.79 Å². The van der Waals surface area contributed by atoms with Gasteiger partial charge in [0.05, 0.1) is 13.0 Å². The van der Waals surface area contributed by atoms with E-state index in [0.29, 0.717) is 17.2 Å². The van der Waals surface area contributed by atoms with E-state index in [1.165, 1.54) is 11.8 Å². The molecule has 1 rings (SSSR count). The third kappa shape index (κ3) is 3.34. The molecule has 0 bridgehead atoms. The van der Waals surface area contributed by atoms with Gasteiger partial charge in [0, 0.05) is 22.4 Å². The van der Waals surface area contributed by atoms with E-state index in [9.17, 15) is 4.79 Å². The first kappa shape index (κ1) is 12.7. The highest BCUT2D eigenvalue weighted by molar-refractivity contribution is 7.99. The zero-order valence-electron chi connectivity index (χ0n) is 9.27. The molecule has 0 spiro atoms. The molecule has 0 saturated heterocycles. The molecule has 0 saturated carbocycles. The number of hydrogen-bond donors (Lipinski definition) is 2. The van der Waals surface area contributed by atoms with E-state index < -0.39 is 5.97 Å². The number of benzene rings is 1. The van der Waals surface area contributed by atoms with Crippen LogP contribution in [0.1, 0.15) is 6.92 Å². The van der Waals surface area contributed by atoms with Crippen LogP contribution in [0.25, 0.3) is 0 Å². The Morgan fingerprint density at radius 3 is 2.88 bits per heavy atom. The number of ether oxygens (including phenoxy) is 1. The highest BCUT2D eigenvalue weighted by Gasteiger charge is 2.12. The number of hydrogen-bond acceptors (Lipinski definition) is 4. The molecule has 0 aromatic heterocycles. The van der Waals surface area contributed by atoms with Crippen LogP contribution in [0.4, 0.5) is 5.69 Å². The van der Waals surface area contributed by atoms with Gasteiger partial charge in [0.2, 0.25) is 0 Å². The van der Waals surface area contributed by atoms with Crippen LogP contribution in [0.15, 0.2) is 23.1 Å². The van der Waals surface area contributed by atoms with Crippen LogP contribution in [0, 0.1) is 5.92 Å². The fourth-order valence-corrected chi connectivity index (χ4v) is 2.11. The average molecular weight is 241 g/mol. The van der Waals surface area contributed by atoms with E-state index in [-0.39, 0.29) is 5.92 Å². The molecule has 1 unspecified atom stereocenters. The molecule has 88 valence electrons. The topological polar surface area (TPSA) is 72.5 Å². The minimum atomic E-state index is -0.790. The summed E-state index contributed by atoms with van der Waals surface area (Å²) in [5.41, 5.74) is 6.26. The first-order valence-electron chi connectivity index (χ1n) is 4.83. The standard InChI is InChI=1S/C11H15NO3S/c1-7(11(13)14)6-16-10-4-3-8(12)5-9(10)15-2/h3-5,7H,6,12H2,1-2H3,(H,13,14). The second-order valence-corrected chi connectivity index (χ2v) is 4.52. The minimum Gasteiger partial charge on any atom is -0.496 e. The Hall–Kier alpha value is -1.36. The molecule has 0 aliphatic rings. The van der Waals surface area contributed by atoms with Gasteiger partial charge in [-0.3, -0.25) is 4.79 Å². The monoisotopic (exact) mass is 241 g/mol. The Kier molecular flexibility index (Phi) is 4.49. The van der Waals surface area contributed by atoms with Crippen molar-refractivity contribution in [3.63, 3.8) is 0 Å². The smallest absolute Gasteiger partial charge is 0.307 e. The van der Waals surface area contributed by atoms with Gasteiger partial charge in [-0.05, 0) is 12.1 Å². The summed E-state index contributed by atoms with van der Waals surface area (Å²) in [6.07, 6.45) is 0. The number of anilines is 1. The Morgan fingerprint density at radius 1 is 1.62 bits per heavy atom. The molecule has 1 aromatic rings. The van der Waals surface area contributed by atoms with Crippen LogP contribution in [0.2, 0.25) is 0 Å². The highest BCUT2D eigenvalue weighted by atomic mass is 32.2. The largest absolute Gasteiger partial charge is 0.496 e. The summed E-state index contributed by atoms with van der Waals surface area (Å²) >= 11 is 1.46. The molecule has 0 fully saturated rings. The summed E-state index contributed by atoms with van der Waals surface area (Å²) in [7, 11) is 1.57.